The summed E-state index contributed by atoms with van der Waals surface area (Å²) >= 11 is 0. The van der Waals surface area contributed by atoms with Crippen LogP contribution in [0, 0.1) is 22.7 Å². The van der Waals surface area contributed by atoms with Gasteiger partial charge in [0.15, 0.2) is 0 Å². The molecule has 8 nitrogen and oxygen atoms in total. The second kappa shape index (κ2) is 14.8. The summed E-state index contributed by atoms with van der Waals surface area (Å²) in [6.45, 7) is 17.1. The maximum Gasteiger partial charge on any atom is 0.306 e. The van der Waals surface area contributed by atoms with Gasteiger partial charge in [0.05, 0.1) is 6.10 Å². The van der Waals surface area contributed by atoms with E-state index in [4.69, 9.17) is 18.9 Å². The number of aliphatic hydroxyl groups excluding tert-OH is 1. The third-order valence-electron chi connectivity index (χ3n) is 9.92. The number of carbonyl (C=O) groups excluding carboxylic acids is 3. The summed E-state index contributed by atoms with van der Waals surface area (Å²) in [7, 11) is 0. The molecule has 0 bridgehead atoms. The van der Waals surface area contributed by atoms with Gasteiger partial charge in [-0.2, -0.15) is 0 Å². The van der Waals surface area contributed by atoms with Crippen molar-refractivity contribution in [1.29, 1.82) is 0 Å². The molecule has 0 amide bonds. The second-order valence-electron chi connectivity index (χ2n) is 12.8. The van der Waals surface area contributed by atoms with Gasteiger partial charge in [0.25, 0.3) is 0 Å². The van der Waals surface area contributed by atoms with Gasteiger partial charge in [-0.25, -0.2) is 0 Å². The zero-order valence-electron chi connectivity index (χ0n) is 26.3. The van der Waals surface area contributed by atoms with E-state index < -0.39 is 42.1 Å². The molecule has 1 spiro atoms. The maximum absolute atomic E-state index is 13.3. The zero-order chi connectivity index (χ0) is 31.1. The van der Waals surface area contributed by atoms with E-state index in [2.05, 4.69) is 33.9 Å². The molecule has 0 unspecified atom stereocenters. The number of esters is 3. The van der Waals surface area contributed by atoms with Crippen molar-refractivity contribution in [3.8, 4) is 0 Å². The van der Waals surface area contributed by atoms with Crippen LogP contribution in [0.4, 0.5) is 0 Å². The van der Waals surface area contributed by atoms with E-state index in [1.807, 2.05) is 0 Å². The summed E-state index contributed by atoms with van der Waals surface area (Å²) in [5.74, 6) is -1.67. The predicted octanol–water partition coefficient (Wildman–Crippen LogP) is 6.71. The fraction of sp³-hybridized carbons (Fsp3) is 0.735. The highest BCUT2D eigenvalue weighted by atomic mass is 16.8. The fourth-order valence-electron chi connectivity index (χ4n) is 7.50. The Bertz CT molecular complexity index is 1030. The van der Waals surface area contributed by atoms with Crippen molar-refractivity contribution in [2.24, 2.45) is 22.7 Å². The molecule has 8 atom stereocenters. The van der Waals surface area contributed by atoms with Gasteiger partial charge in [-0.05, 0) is 55.4 Å². The molecule has 1 N–H and O–H groups in total. The molecule has 1 heterocycles. The highest BCUT2D eigenvalue weighted by Crippen LogP contribution is 2.67. The molecule has 1 saturated heterocycles. The molecule has 3 aliphatic rings. The molecule has 236 valence electrons. The van der Waals surface area contributed by atoms with E-state index in [1.54, 1.807) is 12.2 Å². The molecule has 0 aromatic heterocycles. The lowest BCUT2D eigenvalue weighted by Crippen LogP contribution is -2.63. The Hall–Kier alpha value is -2.45. The Morgan fingerprint density at radius 1 is 1.02 bits per heavy atom. The Kier molecular flexibility index (Phi) is 12.0. The van der Waals surface area contributed by atoms with Gasteiger partial charge in [0.2, 0.25) is 12.6 Å². The number of unbranched alkanes of at least 4 members (excludes halogenated alkanes) is 6. The van der Waals surface area contributed by atoms with Crippen LogP contribution in [0.15, 0.2) is 36.5 Å². The first kappa shape index (κ1) is 34.0. The van der Waals surface area contributed by atoms with Gasteiger partial charge in [-0.1, -0.05) is 84.1 Å². The van der Waals surface area contributed by atoms with Gasteiger partial charge in [-0.3, -0.25) is 19.1 Å². The van der Waals surface area contributed by atoms with Crippen LogP contribution < -0.4 is 0 Å². The summed E-state index contributed by atoms with van der Waals surface area (Å²) in [5.41, 5.74) is -0.106. The molecule has 0 aromatic rings. The largest absolute Gasteiger partial charge is 0.461 e. The molecule has 0 aromatic carbocycles. The number of hydrogen-bond acceptors (Lipinski definition) is 8. The zero-order valence-corrected chi connectivity index (χ0v) is 26.3. The molecule has 8 heteroatoms. The van der Waals surface area contributed by atoms with E-state index in [0.29, 0.717) is 31.3 Å². The summed E-state index contributed by atoms with van der Waals surface area (Å²) in [4.78, 5) is 37.9. The highest BCUT2D eigenvalue weighted by molar-refractivity contribution is 5.70. The number of carbonyl (C=O) groups is 3. The van der Waals surface area contributed by atoms with E-state index in [0.717, 1.165) is 31.3 Å². The van der Waals surface area contributed by atoms with Crippen molar-refractivity contribution in [3.63, 3.8) is 0 Å². The number of allylic oxidation sites excluding steroid dienone is 2. The van der Waals surface area contributed by atoms with Gasteiger partial charge in [0, 0.05) is 25.8 Å². The molecule has 1 aliphatic heterocycles. The molecule has 2 aliphatic carbocycles. The number of hydrogen-bond donors (Lipinski definition) is 1. The quantitative estimate of drug-likeness (QED) is 0.0739. The van der Waals surface area contributed by atoms with E-state index in [9.17, 15) is 19.5 Å². The summed E-state index contributed by atoms with van der Waals surface area (Å²) < 4.78 is 23.9. The SMILES string of the molecule is C=CC(=C)CC[C@@]1(C)[C@H]2C[C@H](O)C=C3[C@@H](OC(C)=O)O[C@@H](OC(C)=O)[C@]32[C@H](OC(=O)CCCCCCCCC)C[C@@H]1C. The lowest BCUT2D eigenvalue weighted by atomic mass is 9.45. The molecule has 1 saturated carbocycles. The predicted molar refractivity (Wildman–Crippen MR) is 160 cm³/mol. The Morgan fingerprint density at radius 2 is 1.67 bits per heavy atom. The fourth-order valence-corrected chi connectivity index (χ4v) is 7.50. The normalized spacial score (nSPS) is 33.5. The minimum absolute atomic E-state index is 0.0828. The molecule has 42 heavy (non-hydrogen) atoms. The summed E-state index contributed by atoms with van der Waals surface area (Å²) in [6, 6.07) is 0. The van der Waals surface area contributed by atoms with Crippen molar-refractivity contribution in [3.05, 3.63) is 36.5 Å². The van der Waals surface area contributed by atoms with E-state index >= 15 is 0 Å². The van der Waals surface area contributed by atoms with Crippen LogP contribution in [0.25, 0.3) is 0 Å². The van der Waals surface area contributed by atoms with Gasteiger partial charge in [0.1, 0.15) is 11.5 Å². The van der Waals surface area contributed by atoms with Gasteiger partial charge >= 0.3 is 17.9 Å². The Labute approximate surface area is 251 Å². The van der Waals surface area contributed by atoms with Crippen LogP contribution in [0.5, 0.6) is 0 Å². The van der Waals surface area contributed by atoms with Crippen LogP contribution in [-0.2, 0) is 33.3 Å². The minimum Gasteiger partial charge on any atom is -0.461 e. The summed E-state index contributed by atoms with van der Waals surface area (Å²) in [5, 5.41) is 11.1. The van der Waals surface area contributed by atoms with Crippen LogP contribution in [0.1, 0.15) is 112 Å². The van der Waals surface area contributed by atoms with Crippen molar-refractivity contribution in [1.82, 2.24) is 0 Å². The molecule has 3 rings (SSSR count). The van der Waals surface area contributed by atoms with Crippen LogP contribution in [0.3, 0.4) is 0 Å². The van der Waals surface area contributed by atoms with E-state index in [-0.39, 0.29) is 23.2 Å². The number of rotatable bonds is 15. The smallest absolute Gasteiger partial charge is 0.306 e. The standard InChI is InChI=1S/C34H52O8/c1-8-10-11-12-13-14-15-16-30(38)41-29-19-23(4)33(7,18-17-22(3)9-2)28-21-26(37)20-27-31(39-24(5)35)42-32(34(27,28)29)40-25(6)36/h9,20,23,26,28-29,31-32,37H,2-3,8,10-19,21H2,1,4-7H3/t23-,26+,28+,29+,31-,32+,33+,34+/m0/s1. The first-order valence-electron chi connectivity index (χ1n) is 15.8. The minimum atomic E-state index is -1.17. The van der Waals surface area contributed by atoms with Crippen molar-refractivity contribution in [2.75, 3.05) is 0 Å². The van der Waals surface area contributed by atoms with Crippen molar-refractivity contribution >= 4 is 17.9 Å². The molecule has 2 fully saturated rings. The Balaban J connectivity index is 2.00. The number of aliphatic hydroxyl groups is 1. The molecule has 0 radical (unpaired) electrons. The topological polar surface area (TPSA) is 108 Å². The Morgan fingerprint density at radius 3 is 2.29 bits per heavy atom. The third-order valence-corrected chi connectivity index (χ3v) is 9.92. The first-order chi connectivity index (χ1) is 19.9. The molecular weight excluding hydrogens is 536 g/mol. The lowest BCUT2D eigenvalue weighted by Gasteiger charge is -2.60. The average molecular weight is 589 g/mol. The average Bonchev–Trinajstić information content (AvgIpc) is 3.21. The van der Waals surface area contributed by atoms with Gasteiger partial charge < -0.3 is 19.3 Å². The summed E-state index contributed by atoms with van der Waals surface area (Å²) in [6.07, 6.45) is 9.69. The van der Waals surface area contributed by atoms with Crippen LogP contribution in [-0.4, -0.2) is 47.8 Å². The monoisotopic (exact) mass is 588 g/mol. The lowest BCUT2D eigenvalue weighted by molar-refractivity contribution is -0.257. The van der Waals surface area contributed by atoms with Crippen LogP contribution >= 0.6 is 0 Å². The second-order valence-corrected chi connectivity index (χ2v) is 12.8. The van der Waals surface area contributed by atoms with Gasteiger partial charge in [-0.15, -0.1) is 0 Å². The van der Waals surface area contributed by atoms with Crippen molar-refractivity contribution < 1.29 is 38.4 Å². The highest BCUT2D eigenvalue weighted by Gasteiger charge is 2.72. The number of ether oxygens (including phenoxy) is 4. The third kappa shape index (κ3) is 7.36. The van der Waals surface area contributed by atoms with Crippen molar-refractivity contribution in [2.45, 2.75) is 136 Å². The van der Waals surface area contributed by atoms with E-state index in [1.165, 1.54) is 39.5 Å². The maximum atomic E-state index is 13.3. The van der Waals surface area contributed by atoms with Crippen LogP contribution in [0.2, 0.25) is 0 Å². The molecular formula is C34H52O8. The first-order valence-corrected chi connectivity index (χ1v) is 15.8.